The lowest BCUT2D eigenvalue weighted by Gasteiger charge is -2.11. The highest BCUT2D eigenvalue weighted by Gasteiger charge is 2.20. The summed E-state index contributed by atoms with van der Waals surface area (Å²) in [5.74, 6) is 1.25. The standard InChI is InChI=1S/C50H30N4O2/c1-3-14-31(15-4-1)47-51-45(43-39-24-7-9-26-41(39)55-49(43)53-47)37-22-12-20-35(29-37)33-18-11-19-34(28-33)36-21-13-23-38(30-36)46-44-40-25-8-10-27-42(40)56-50(44)54-48(52-46)32-16-5-2-6-17-32/h1-30H. The first kappa shape index (κ1) is 31.8. The number of benzene rings is 7. The van der Waals surface area contributed by atoms with Gasteiger partial charge in [0.2, 0.25) is 11.4 Å². The average Bonchev–Trinajstić information content (AvgIpc) is 3.85. The lowest BCUT2D eigenvalue weighted by atomic mass is 9.95. The first-order valence-corrected chi connectivity index (χ1v) is 18.5. The molecule has 0 N–H and O–H groups in total. The van der Waals surface area contributed by atoms with Gasteiger partial charge in [-0.2, -0.15) is 9.97 Å². The van der Waals surface area contributed by atoms with Crippen LogP contribution < -0.4 is 0 Å². The molecule has 6 heteroatoms. The number of para-hydroxylation sites is 2. The molecule has 0 aliphatic carbocycles. The molecular weight excluding hydrogens is 689 g/mol. The maximum atomic E-state index is 6.30. The van der Waals surface area contributed by atoms with Crippen molar-refractivity contribution in [3.05, 3.63) is 182 Å². The predicted molar refractivity (Wildman–Crippen MR) is 225 cm³/mol. The highest BCUT2D eigenvalue weighted by Crippen LogP contribution is 2.40. The Bertz CT molecular complexity index is 3040. The van der Waals surface area contributed by atoms with Crippen molar-refractivity contribution in [3.63, 3.8) is 0 Å². The van der Waals surface area contributed by atoms with Crippen LogP contribution >= 0.6 is 0 Å². The van der Waals surface area contributed by atoms with Crippen LogP contribution in [0.1, 0.15) is 0 Å². The molecule has 4 aromatic heterocycles. The quantitative estimate of drug-likeness (QED) is 0.170. The smallest absolute Gasteiger partial charge is 0.231 e. The first-order valence-electron chi connectivity index (χ1n) is 18.5. The van der Waals surface area contributed by atoms with Gasteiger partial charge < -0.3 is 8.83 Å². The van der Waals surface area contributed by atoms with Gasteiger partial charge >= 0.3 is 0 Å². The molecule has 4 heterocycles. The molecule has 56 heavy (non-hydrogen) atoms. The van der Waals surface area contributed by atoms with Crippen LogP contribution in [0.3, 0.4) is 0 Å². The maximum absolute atomic E-state index is 6.30. The van der Waals surface area contributed by atoms with Crippen LogP contribution in [0.5, 0.6) is 0 Å². The number of nitrogens with zero attached hydrogens (tertiary/aromatic N) is 4. The zero-order valence-corrected chi connectivity index (χ0v) is 29.9. The van der Waals surface area contributed by atoms with E-state index >= 15 is 0 Å². The molecule has 0 spiro atoms. The van der Waals surface area contributed by atoms with Crippen LogP contribution in [-0.4, -0.2) is 19.9 Å². The highest BCUT2D eigenvalue weighted by atomic mass is 16.3. The molecule has 0 aliphatic heterocycles. The van der Waals surface area contributed by atoms with E-state index in [9.17, 15) is 0 Å². The van der Waals surface area contributed by atoms with Crippen molar-refractivity contribution in [3.8, 4) is 67.5 Å². The SMILES string of the molecule is c1ccc(-c2nc(-c3cccc(-c4cccc(-c5cccc(-c6nc(-c7ccccc7)nc7oc8ccccc8c67)c5)c4)c3)c3c(n2)oc2ccccc23)cc1. The third kappa shape index (κ3) is 5.43. The second kappa shape index (κ2) is 13.0. The Kier molecular flexibility index (Phi) is 7.38. The molecule has 262 valence electrons. The fourth-order valence-corrected chi connectivity index (χ4v) is 7.67. The Hall–Kier alpha value is -7.70. The fourth-order valence-electron chi connectivity index (χ4n) is 7.67. The Morgan fingerprint density at radius 3 is 1.05 bits per heavy atom. The van der Waals surface area contributed by atoms with E-state index in [1.165, 1.54) is 0 Å². The van der Waals surface area contributed by atoms with Crippen LogP contribution in [0, 0.1) is 0 Å². The summed E-state index contributed by atoms with van der Waals surface area (Å²) in [6, 6.07) is 62.0. The molecule has 6 nitrogen and oxygen atoms in total. The minimum absolute atomic E-state index is 0.572. The highest BCUT2D eigenvalue weighted by molar-refractivity contribution is 6.12. The number of fused-ring (bicyclic) bond motifs is 6. The molecule has 7 aromatic carbocycles. The molecular formula is C50H30N4O2. The molecule has 0 saturated heterocycles. The third-order valence-electron chi connectivity index (χ3n) is 10.3. The Balaban J connectivity index is 1.02. The topological polar surface area (TPSA) is 77.8 Å². The first-order chi connectivity index (χ1) is 27.7. The third-order valence-corrected chi connectivity index (χ3v) is 10.3. The molecule has 0 radical (unpaired) electrons. The van der Waals surface area contributed by atoms with E-state index in [0.717, 1.165) is 88.6 Å². The number of hydrogen-bond donors (Lipinski definition) is 0. The van der Waals surface area contributed by atoms with Crippen molar-refractivity contribution < 1.29 is 8.83 Å². The van der Waals surface area contributed by atoms with Gasteiger partial charge in [0.15, 0.2) is 11.6 Å². The summed E-state index contributed by atoms with van der Waals surface area (Å²) < 4.78 is 12.6. The lowest BCUT2D eigenvalue weighted by molar-refractivity contribution is 0.653. The second-order valence-corrected chi connectivity index (χ2v) is 13.8. The predicted octanol–water partition coefficient (Wildman–Crippen LogP) is 13.1. The van der Waals surface area contributed by atoms with Crippen LogP contribution in [0.25, 0.3) is 112 Å². The molecule has 11 aromatic rings. The number of furan rings is 2. The van der Waals surface area contributed by atoms with E-state index in [0.29, 0.717) is 23.1 Å². The summed E-state index contributed by atoms with van der Waals surface area (Å²) in [5, 5.41) is 3.79. The van der Waals surface area contributed by atoms with Crippen molar-refractivity contribution in [1.29, 1.82) is 0 Å². The van der Waals surface area contributed by atoms with Gasteiger partial charge in [-0.1, -0.05) is 152 Å². The molecule has 0 aliphatic rings. The van der Waals surface area contributed by atoms with E-state index in [4.69, 9.17) is 28.8 Å². The minimum Gasteiger partial charge on any atom is -0.438 e. The monoisotopic (exact) mass is 718 g/mol. The maximum Gasteiger partial charge on any atom is 0.231 e. The molecule has 0 bridgehead atoms. The van der Waals surface area contributed by atoms with Gasteiger partial charge in [-0.05, 0) is 52.6 Å². The van der Waals surface area contributed by atoms with Crippen LogP contribution in [-0.2, 0) is 0 Å². The van der Waals surface area contributed by atoms with Gasteiger partial charge in [0.25, 0.3) is 0 Å². The average molecular weight is 719 g/mol. The summed E-state index contributed by atoms with van der Waals surface area (Å²) in [6.45, 7) is 0. The van der Waals surface area contributed by atoms with Crippen LogP contribution in [0.4, 0.5) is 0 Å². The van der Waals surface area contributed by atoms with Crippen LogP contribution in [0.15, 0.2) is 191 Å². The number of rotatable bonds is 6. The van der Waals surface area contributed by atoms with Crippen molar-refractivity contribution in [2.24, 2.45) is 0 Å². The van der Waals surface area contributed by atoms with E-state index < -0.39 is 0 Å². The largest absolute Gasteiger partial charge is 0.438 e. The summed E-state index contributed by atoms with van der Waals surface area (Å²) in [7, 11) is 0. The molecule has 0 saturated carbocycles. The van der Waals surface area contributed by atoms with Gasteiger partial charge in [0, 0.05) is 33.0 Å². The molecule has 11 rings (SSSR count). The van der Waals surface area contributed by atoms with Crippen molar-refractivity contribution in [2.45, 2.75) is 0 Å². The lowest BCUT2D eigenvalue weighted by Crippen LogP contribution is -1.94. The number of hydrogen-bond acceptors (Lipinski definition) is 6. The van der Waals surface area contributed by atoms with E-state index in [1.54, 1.807) is 0 Å². The molecule has 0 atom stereocenters. The Morgan fingerprint density at radius 2 is 0.625 bits per heavy atom. The minimum atomic E-state index is 0.572. The number of aromatic nitrogens is 4. The fraction of sp³-hybridized carbons (Fsp3) is 0. The van der Waals surface area contributed by atoms with Crippen LogP contribution in [0.2, 0.25) is 0 Å². The summed E-state index contributed by atoms with van der Waals surface area (Å²) >= 11 is 0. The van der Waals surface area contributed by atoms with Gasteiger partial charge in [-0.3, -0.25) is 0 Å². The zero-order chi connectivity index (χ0) is 37.0. The Labute approximate surface area is 321 Å². The van der Waals surface area contributed by atoms with Gasteiger partial charge in [-0.25, -0.2) is 9.97 Å². The summed E-state index contributed by atoms with van der Waals surface area (Å²) in [6.07, 6.45) is 0. The van der Waals surface area contributed by atoms with Crippen molar-refractivity contribution in [2.75, 3.05) is 0 Å². The Morgan fingerprint density at radius 1 is 0.286 bits per heavy atom. The second-order valence-electron chi connectivity index (χ2n) is 13.8. The van der Waals surface area contributed by atoms with E-state index in [2.05, 4.69) is 84.9 Å². The van der Waals surface area contributed by atoms with E-state index in [1.807, 2.05) is 97.1 Å². The van der Waals surface area contributed by atoms with Gasteiger partial charge in [0.05, 0.1) is 22.2 Å². The zero-order valence-electron chi connectivity index (χ0n) is 29.9. The molecule has 0 unspecified atom stereocenters. The van der Waals surface area contributed by atoms with Crippen molar-refractivity contribution >= 4 is 44.1 Å². The van der Waals surface area contributed by atoms with Crippen molar-refractivity contribution in [1.82, 2.24) is 19.9 Å². The summed E-state index contributed by atoms with van der Waals surface area (Å²) in [4.78, 5) is 20.1. The van der Waals surface area contributed by atoms with Gasteiger partial charge in [0.1, 0.15) is 11.2 Å². The van der Waals surface area contributed by atoms with Gasteiger partial charge in [-0.15, -0.1) is 0 Å². The molecule has 0 fully saturated rings. The molecule has 0 amide bonds. The normalized spacial score (nSPS) is 11.6. The summed E-state index contributed by atoms with van der Waals surface area (Å²) in [5.41, 5.74) is 12.6. The van der Waals surface area contributed by atoms with E-state index in [-0.39, 0.29) is 0 Å².